The molecule has 28 heavy (non-hydrogen) atoms. The molecule has 1 fully saturated rings. The number of methoxy groups -OCH3 is 2. The minimum absolute atomic E-state index is 0.183. The molecule has 10 nitrogen and oxygen atoms in total. The Morgan fingerprint density at radius 2 is 1.71 bits per heavy atom. The lowest BCUT2D eigenvalue weighted by atomic mass is 10.3. The highest BCUT2D eigenvalue weighted by atomic mass is 32.2. The Hall–Kier alpha value is -2.92. The van der Waals surface area contributed by atoms with Crippen molar-refractivity contribution in [3.63, 3.8) is 0 Å². The van der Waals surface area contributed by atoms with Gasteiger partial charge >= 0.3 is 0 Å². The van der Waals surface area contributed by atoms with Crippen LogP contribution in [-0.2, 0) is 10.0 Å². The van der Waals surface area contributed by atoms with Crippen LogP contribution in [0.2, 0.25) is 0 Å². The van der Waals surface area contributed by atoms with Crippen molar-refractivity contribution in [2.45, 2.75) is 4.90 Å². The average molecular weight is 404 g/mol. The van der Waals surface area contributed by atoms with Crippen molar-refractivity contribution in [1.29, 1.82) is 0 Å². The molecule has 1 aromatic carbocycles. The molecule has 0 unspecified atom stereocenters. The fourth-order valence-corrected chi connectivity index (χ4v) is 4.61. The molecule has 11 heteroatoms. The summed E-state index contributed by atoms with van der Waals surface area (Å²) >= 11 is 0. The molecule has 1 aliphatic heterocycles. The highest BCUT2D eigenvalue weighted by Gasteiger charge is 2.29. The normalized spacial score (nSPS) is 15.7. The van der Waals surface area contributed by atoms with E-state index in [-0.39, 0.29) is 4.90 Å². The number of hydrogen-bond acceptors (Lipinski definition) is 8. The number of ether oxygens (including phenoxy) is 2. The molecule has 1 aliphatic rings. The molecule has 0 spiro atoms. The van der Waals surface area contributed by atoms with Crippen molar-refractivity contribution in [2.24, 2.45) is 0 Å². The first-order chi connectivity index (χ1) is 13.5. The zero-order valence-electron chi connectivity index (χ0n) is 15.5. The Kier molecular flexibility index (Phi) is 4.77. The molecule has 1 saturated heterocycles. The van der Waals surface area contributed by atoms with Gasteiger partial charge in [-0.2, -0.15) is 8.82 Å². The van der Waals surface area contributed by atoms with Gasteiger partial charge < -0.3 is 14.4 Å². The van der Waals surface area contributed by atoms with Crippen molar-refractivity contribution in [1.82, 2.24) is 24.1 Å². The summed E-state index contributed by atoms with van der Waals surface area (Å²) in [5.41, 5.74) is 0.665. The third-order valence-electron chi connectivity index (χ3n) is 4.70. The fraction of sp³-hybridized carbons (Fsp3) is 0.353. The number of piperazine rings is 1. The molecule has 3 aromatic rings. The van der Waals surface area contributed by atoms with E-state index in [0.29, 0.717) is 43.3 Å². The van der Waals surface area contributed by atoms with Gasteiger partial charge in [-0.1, -0.05) is 0 Å². The van der Waals surface area contributed by atoms with Crippen LogP contribution in [0.25, 0.3) is 5.65 Å². The summed E-state index contributed by atoms with van der Waals surface area (Å²) in [6, 6.07) is 8.32. The summed E-state index contributed by atoms with van der Waals surface area (Å²) in [6.45, 7) is 1.79. The molecule has 3 heterocycles. The minimum Gasteiger partial charge on any atom is -0.493 e. The second kappa shape index (κ2) is 7.24. The first-order valence-corrected chi connectivity index (χ1v) is 10.1. The Bertz CT molecular complexity index is 1090. The smallest absolute Gasteiger partial charge is 0.243 e. The second-order valence-electron chi connectivity index (χ2n) is 6.23. The maximum atomic E-state index is 13.0. The molecular formula is C17H20N6O4S. The van der Waals surface area contributed by atoms with Crippen molar-refractivity contribution < 1.29 is 17.9 Å². The van der Waals surface area contributed by atoms with E-state index >= 15 is 0 Å². The van der Waals surface area contributed by atoms with Gasteiger partial charge in [0.1, 0.15) is 12.1 Å². The highest BCUT2D eigenvalue weighted by molar-refractivity contribution is 7.89. The van der Waals surface area contributed by atoms with Gasteiger partial charge in [-0.25, -0.2) is 8.42 Å². The number of benzene rings is 1. The topological polar surface area (TPSA) is 102 Å². The van der Waals surface area contributed by atoms with E-state index in [1.54, 1.807) is 10.6 Å². The number of rotatable bonds is 5. The van der Waals surface area contributed by atoms with Gasteiger partial charge in [0.15, 0.2) is 17.1 Å². The van der Waals surface area contributed by atoms with E-state index in [4.69, 9.17) is 9.47 Å². The van der Waals surface area contributed by atoms with Crippen LogP contribution < -0.4 is 14.4 Å². The second-order valence-corrected chi connectivity index (χ2v) is 8.17. The quantitative estimate of drug-likeness (QED) is 0.611. The summed E-state index contributed by atoms with van der Waals surface area (Å²) in [5, 5.41) is 12.2. The largest absolute Gasteiger partial charge is 0.493 e. The Morgan fingerprint density at radius 1 is 0.964 bits per heavy atom. The van der Waals surface area contributed by atoms with Crippen LogP contribution in [-0.4, -0.2) is 72.9 Å². The summed E-state index contributed by atoms with van der Waals surface area (Å²) in [6.07, 6.45) is 1.54. The van der Waals surface area contributed by atoms with E-state index in [0.717, 1.165) is 5.82 Å². The van der Waals surface area contributed by atoms with Gasteiger partial charge in [0.25, 0.3) is 0 Å². The third kappa shape index (κ3) is 3.22. The monoisotopic (exact) mass is 404 g/mol. The standard InChI is InChI=1S/C17H20N6O4S/c1-26-14-4-3-13(11-15(14)27-2)28(24,25)22-9-7-21(8-10-22)17-6-5-16-19-18-12-23(16)20-17/h3-6,11-12H,7-10H2,1-2H3. The van der Waals surface area contributed by atoms with Crippen molar-refractivity contribution in [3.05, 3.63) is 36.7 Å². The molecule has 0 atom stereocenters. The molecule has 0 aliphatic carbocycles. The van der Waals surface area contributed by atoms with Crippen LogP contribution in [0.15, 0.2) is 41.6 Å². The Balaban J connectivity index is 1.50. The zero-order valence-corrected chi connectivity index (χ0v) is 16.3. The fourth-order valence-electron chi connectivity index (χ4n) is 3.17. The molecule has 0 N–H and O–H groups in total. The molecule has 0 bridgehead atoms. The van der Waals surface area contributed by atoms with Gasteiger partial charge in [-0.05, 0) is 24.3 Å². The zero-order chi connectivity index (χ0) is 19.7. The molecule has 0 amide bonds. The van der Waals surface area contributed by atoms with Crippen LogP contribution in [0.5, 0.6) is 11.5 Å². The minimum atomic E-state index is -3.63. The molecule has 148 valence electrons. The number of aromatic nitrogens is 4. The predicted octanol–water partition coefficient (Wildman–Crippen LogP) is 0.652. The van der Waals surface area contributed by atoms with E-state index in [1.807, 2.05) is 17.0 Å². The average Bonchev–Trinajstić information content (AvgIpc) is 3.21. The summed E-state index contributed by atoms with van der Waals surface area (Å²) in [5.74, 6) is 1.63. The van der Waals surface area contributed by atoms with Crippen molar-refractivity contribution in [2.75, 3.05) is 45.3 Å². The number of anilines is 1. The van der Waals surface area contributed by atoms with Gasteiger partial charge in [0.2, 0.25) is 10.0 Å². The lowest BCUT2D eigenvalue weighted by molar-refractivity contribution is 0.353. The first kappa shape index (κ1) is 18.4. The van der Waals surface area contributed by atoms with Gasteiger partial charge in [0, 0.05) is 32.2 Å². The molecule has 4 rings (SSSR count). The predicted molar refractivity (Wildman–Crippen MR) is 101 cm³/mol. The maximum Gasteiger partial charge on any atom is 0.243 e. The lowest BCUT2D eigenvalue weighted by Crippen LogP contribution is -2.49. The summed E-state index contributed by atoms with van der Waals surface area (Å²) in [7, 11) is -0.636. The van der Waals surface area contributed by atoms with E-state index < -0.39 is 10.0 Å². The number of fused-ring (bicyclic) bond motifs is 1. The van der Waals surface area contributed by atoms with Crippen LogP contribution in [0.4, 0.5) is 5.82 Å². The maximum absolute atomic E-state index is 13.0. The number of sulfonamides is 1. The highest BCUT2D eigenvalue weighted by Crippen LogP contribution is 2.31. The Morgan fingerprint density at radius 3 is 2.43 bits per heavy atom. The van der Waals surface area contributed by atoms with Gasteiger partial charge in [-0.15, -0.1) is 15.3 Å². The van der Waals surface area contributed by atoms with E-state index in [2.05, 4.69) is 15.3 Å². The van der Waals surface area contributed by atoms with Crippen LogP contribution in [0.1, 0.15) is 0 Å². The lowest BCUT2D eigenvalue weighted by Gasteiger charge is -2.34. The third-order valence-corrected chi connectivity index (χ3v) is 6.60. The van der Waals surface area contributed by atoms with Crippen LogP contribution in [0, 0.1) is 0 Å². The summed E-state index contributed by atoms with van der Waals surface area (Å²) in [4.78, 5) is 2.22. The SMILES string of the molecule is COc1ccc(S(=O)(=O)N2CCN(c3ccc4nncn4n3)CC2)cc1OC. The van der Waals surface area contributed by atoms with Gasteiger partial charge in [0.05, 0.1) is 19.1 Å². The van der Waals surface area contributed by atoms with Crippen LogP contribution in [0.3, 0.4) is 0 Å². The molecule has 0 radical (unpaired) electrons. The molecular weight excluding hydrogens is 384 g/mol. The first-order valence-electron chi connectivity index (χ1n) is 8.67. The molecule has 0 saturated carbocycles. The van der Waals surface area contributed by atoms with Gasteiger partial charge in [-0.3, -0.25) is 0 Å². The molecule has 2 aromatic heterocycles. The number of nitrogens with zero attached hydrogens (tertiary/aromatic N) is 6. The van der Waals surface area contributed by atoms with Crippen LogP contribution >= 0.6 is 0 Å². The van der Waals surface area contributed by atoms with E-state index in [1.165, 1.54) is 37.0 Å². The Labute approximate surface area is 162 Å². The summed E-state index contributed by atoms with van der Waals surface area (Å²) < 4.78 is 39.5. The van der Waals surface area contributed by atoms with Crippen molar-refractivity contribution in [3.8, 4) is 11.5 Å². The number of hydrogen-bond donors (Lipinski definition) is 0. The van der Waals surface area contributed by atoms with Crippen molar-refractivity contribution >= 4 is 21.5 Å². The van der Waals surface area contributed by atoms with E-state index in [9.17, 15) is 8.42 Å².